The minimum Gasteiger partial charge on any atom is -0.504 e. The number of anilines is 1. The summed E-state index contributed by atoms with van der Waals surface area (Å²) in [5.74, 6) is -3.78. The van der Waals surface area contributed by atoms with Gasteiger partial charge < -0.3 is 14.9 Å². The summed E-state index contributed by atoms with van der Waals surface area (Å²) in [6, 6.07) is 2.89. The first-order chi connectivity index (χ1) is 14.3. The zero-order valence-electron chi connectivity index (χ0n) is 15.8. The van der Waals surface area contributed by atoms with E-state index in [0.29, 0.717) is 32.0 Å². The number of halogens is 4. The van der Waals surface area contributed by atoms with Gasteiger partial charge in [-0.25, -0.2) is 23.1 Å². The molecule has 2 aromatic carbocycles. The zero-order valence-corrected chi connectivity index (χ0v) is 16.5. The third kappa shape index (κ3) is 3.28. The maximum atomic E-state index is 15.4. The minimum absolute atomic E-state index is 0.0298. The van der Waals surface area contributed by atoms with E-state index in [9.17, 15) is 18.7 Å². The highest BCUT2D eigenvalue weighted by molar-refractivity contribution is 6.34. The van der Waals surface area contributed by atoms with E-state index < -0.39 is 34.3 Å². The summed E-state index contributed by atoms with van der Waals surface area (Å²) in [5, 5.41) is 10.0. The monoisotopic (exact) mass is 436 g/mol. The normalized spacial score (nSPS) is 14.4. The third-order valence-electron chi connectivity index (χ3n) is 5.15. The van der Waals surface area contributed by atoms with Crippen LogP contribution in [0.1, 0.15) is 6.92 Å². The standard InChI is InChI=1S/C20H16ClF3N4O2/c1-10(29)27-4-6-28(7-5-27)20-11-8-12(21)15(17(24)18(11)25-9-26-20)16-13(22)2-3-14(23)19(16)30/h2-3,8-9,30H,4-7H2,1H3. The van der Waals surface area contributed by atoms with Crippen molar-refractivity contribution < 1.29 is 23.1 Å². The van der Waals surface area contributed by atoms with Gasteiger partial charge in [0.05, 0.1) is 10.6 Å². The molecule has 4 rings (SSSR count). The second-order valence-corrected chi connectivity index (χ2v) is 7.29. The number of hydrogen-bond donors (Lipinski definition) is 1. The van der Waals surface area contributed by atoms with E-state index >= 15 is 4.39 Å². The first-order valence-corrected chi connectivity index (χ1v) is 9.48. The van der Waals surface area contributed by atoms with Gasteiger partial charge in [0.2, 0.25) is 5.91 Å². The summed E-state index contributed by atoms with van der Waals surface area (Å²) >= 11 is 6.25. The fourth-order valence-corrected chi connectivity index (χ4v) is 3.90. The number of benzene rings is 2. The Hall–Kier alpha value is -3.07. The molecule has 0 spiro atoms. The lowest BCUT2D eigenvalue weighted by atomic mass is 10.0. The Kier molecular flexibility index (Phi) is 5.15. The van der Waals surface area contributed by atoms with Crippen LogP contribution in [-0.2, 0) is 4.79 Å². The fourth-order valence-electron chi connectivity index (χ4n) is 3.61. The van der Waals surface area contributed by atoms with E-state index in [1.807, 2.05) is 4.90 Å². The number of aromatic hydroxyl groups is 1. The number of amides is 1. The Balaban J connectivity index is 1.84. The molecule has 1 saturated heterocycles. The number of hydrogen-bond acceptors (Lipinski definition) is 5. The Morgan fingerprint density at radius 3 is 2.40 bits per heavy atom. The molecule has 0 unspecified atom stereocenters. The molecule has 10 heteroatoms. The first kappa shape index (κ1) is 20.2. The van der Waals surface area contributed by atoms with Gasteiger partial charge in [0, 0.05) is 44.1 Å². The largest absolute Gasteiger partial charge is 0.504 e. The molecule has 0 aliphatic carbocycles. The number of piperazine rings is 1. The zero-order chi connectivity index (χ0) is 21.6. The SMILES string of the molecule is CC(=O)N1CCN(c2ncnc3c(F)c(-c4c(F)ccc(F)c4O)c(Cl)cc23)CC1. The summed E-state index contributed by atoms with van der Waals surface area (Å²) in [5.41, 5.74) is -1.30. The number of nitrogens with zero attached hydrogens (tertiary/aromatic N) is 4. The van der Waals surface area contributed by atoms with E-state index in [1.54, 1.807) is 4.90 Å². The fraction of sp³-hybridized carbons (Fsp3) is 0.250. The number of phenols is 1. The molecule has 0 saturated carbocycles. The van der Waals surface area contributed by atoms with E-state index in [1.165, 1.54) is 13.0 Å². The summed E-state index contributed by atoms with van der Waals surface area (Å²) < 4.78 is 43.5. The number of rotatable bonds is 2. The van der Waals surface area contributed by atoms with E-state index in [0.717, 1.165) is 18.5 Å². The van der Waals surface area contributed by atoms with E-state index in [2.05, 4.69) is 9.97 Å². The Morgan fingerprint density at radius 2 is 1.73 bits per heavy atom. The molecule has 3 aromatic rings. The van der Waals surface area contributed by atoms with Crippen molar-refractivity contribution in [2.24, 2.45) is 0 Å². The van der Waals surface area contributed by atoms with Gasteiger partial charge >= 0.3 is 0 Å². The van der Waals surface area contributed by atoms with E-state index in [-0.39, 0.29) is 21.8 Å². The van der Waals surface area contributed by atoms with Gasteiger partial charge in [-0.05, 0) is 18.2 Å². The van der Waals surface area contributed by atoms with Gasteiger partial charge in [-0.2, -0.15) is 0 Å². The van der Waals surface area contributed by atoms with Crippen LogP contribution in [0.4, 0.5) is 19.0 Å². The second-order valence-electron chi connectivity index (χ2n) is 6.89. The molecule has 1 amide bonds. The van der Waals surface area contributed by atoms with Crippen LogP contribution in [0.2, 0.25) is 5.02 Å². The van der Waals surface area contributed by atoms with Crippen molar-refractivity contribution in [2.45, 2.75) is 6.92 Å². The topological polar surface area (TPSA) is 69.6 Å². The number of carbonyl (C=O) groups is 1. The summed E-state index contributed by atoms with van der Waals surface area (Å²) in [7, 11) is 0. The molecule has 1 aromatic heterocycles. The van der Waals surface area contributed by atoms with E-state index in [4.69, 9.17) is 11.6 Å². The molecule has 1 fully saturated rings. The maximum Gasteiger partial charge on any atom is 0.219 e. The molecule has 156 valence electrons. The Morgan fingerprint density at radius 1 is 1.07 bits per heavy atom. The Labute approximate surface area is 174 Å². The van der Waals surface area contributed by atoms with Crippen molar-refractivity contribution in [3.05, 3.63) is 47.0 Å². The molecule has 1 N–H and O–H groups in total. The third-order valence-corrected chi connectivity index (χ3v) is 5.45. The molecule has 1 aliphatic heterocycles. The van der Waals surface area contributed by atoms with Crippen LogP contribution in [0.3, 0.4) is 0 Å². The lowest BCUT2D eigenvalue weighted by molar-refractivity contribution is -0.129. The number of aromatic nitrogens is 2. The second kappa shape index (κ2) is 7.64. The highest BCUT2D eigenvalue weighted by Gasteiger charge is 2.26. The van der Waals surface area contributed by atoms with Crippen molar-refractivity contribution in [3.63, 3.8) is 0 Å². The van der Waals surface area contributed by atoms with Crippen molar-refractivity contribution >= 4 is 34.2 Å². The van der Waals surface area contributed by atoms with Gasteiger partial charge in [0.15, 0.2) is 17.4 Å². The summed E-state index contributed by atoms with van der Waals surface area (Å²) in [6.07, 6.45) is 1.16. The molecule has 30 heavy (non-hydrogen) atoms. The van der Waals surface area contributed by atoms with Crippen LogP contribution in [-0.4, -0.2) is 52.1 Å². The first-order valence-electron chi connectivity index (χ1n) is 9.10. The average Bonchev–Trinajstić information content (AvgIpc) is 2.73. The molecular formula is C20H16ClF3N4O2. The maximum absolute atomic E-state index is 15.4. The number of fused-ring (bicyclic) bond motifs is 1. The quantitative estimate of drug-likeness (QED) is 0.662. The molecule has 0 radical (unpaired) electrons. The summed E-state index contributed by atoms with van der Waals surface area (Å²) in [4.78, 5) is 23.3. The Bertz CT molecular complexity index is 1170. The number of carbonyl (C=O) groups excluding carboxylic acids is 1. The average molecular weight is 437 g/mol. The smallest absolute Gasteiger partial charge is 0.219 e. The van der Waals surface area contributed by atoms with Crippen LogP contribution >= 0.6 is 11.6 Å². The van der Waals surface area contributed by atoms with Gasteiger partial charge in [0.25, 0.3) is 0 Å². The summed E-state index contributed by atoms with van der Waals surface area (Å²) in [6.45, 7) is 3.42. The lowest BCUT2D eigenvalue weighted by Crippen LogP contribution is -2.48. The van der Waals surface area contributed by atoms with Crippen molar-refractivity contribution in [1.82, 2.24) is 14.9 Å². The van der Waals surface area contributed by atoms with Gasteiger partial charge in [-0.1, -0.05) is 11.6 Å². The van der Waals surface area contributed by atoms with Crippen molar-refractivity contribution in [3.8, 4) is 16.9 Å². The number of phenolic OH excluding ortho intramolecular Hbond substituents is 1. The molecule has 6 nitrogen and oxygen atoms in total. The predicted molar refractivity (Wildman–Crippen MR) is 106 cm³/mol. The highest BCUT2D eigenvalue weighted by Crippen LogP contribution is 2.42. The lowest BCUT2D eigenvalue weighted by Gasteiger charge is -2.35. The van der Waals surface area contributed by atoms with Crippen LogP contribution in [0.5, 0.6) is 5.75 Å². The van der Waals surface area contributed by atoms with Crippen LogP contribution in [0, 0.1) is 17.5 Å². The molecule has 2 heterocycles. The molecular weight excluding hydrogens is 421 g/mol. The van der Waals surface area contributed by atoms with Crippen molar-refractivity contribution in [2.75, 3.05) is 31.1 Å². The van der Waals surface area contributed by atoms with Gasteiger partial charge in [0.1, 0.15) is 23.5 Å². The molecule has 0 bridgehead atoms. The van der Waals surface area contributed by atoms with Gasteiger partial charge in [-0.15, -0.1) is 0 Å². The van der Waals surface area contributed by atoms with Crippen LogP contribution < -0.4 is 4.90 Å². The highest BCUT2D eigenvalue weighted by atomic mass is 35.5. The van der Waals surface area contributed by atoms with Crippen LogP contribution in [0.25, 0.3) is 22.0 Å². The van der Waals surface area contributed by atoms with Crippen LogP contribution in [0.15, 0.2) is 24.5 Å². The van der Waals surface area contributed by atoms with Gasteiger partial charge in [-0.3, -0.25) is 4.79 Å². The molecule has 0 atom stereocenters. The predicted octanol–water partition coefficient (Wildman–Crippen LogP) is 3.74. The van der Waals surface area contributed by atoms with Crippen molar-refractivity contribution in [1.29, 1.82) is 0 Å². The molecule has 1 aliphatic rings. The minimum atomic E-state index is -1.10.